The lowest BCUT2D eigenvalue weighted by Crippen LogP contribution is -2.33. The number of ether oxygens (including phenoxy) is 1. The second kappa shape index (κ2) is 8.15. The van der Waals surface area contributed by atoms with E-state index in [0.717, 1.165) is 23.2 Å². The van der Waals surface area contributed by atoms with Crippen molar-refractivity contribution in [2.45, 2.75) is 33.6 Å². The summed E-state index contributed by atoms with van der Waals surface area (Å²) in [5.41, 5.74) is 4.13. The Morgan fingerprint density at radius 1 is 0.889 bits per heavy atom. The highest BCUT2D eigenvalue weighted by Gasteiger charge is 2.59. The fraction of sp³-hybridized carbons (Fsp3) is 0.379. The molecular weight excluding hydrogens is 456 g/mol. The molecule has 5 atom stereocenters. The average Bonchev–Trinajstić information content (AvgIpc) is 3.58. The maximum atomic E-state index is 13.1. The molecule has 7 nitrogen and oxygen atoms in total. The Bertz CT molecular complexity index is 1310. The van der Waals surface area contributed by atoms with Crippen molar-refractivity contribution in [3.05, 3.63) is 65.2 Å². The minimum atomic E-state index is -0.567. The molecule has 184 valence electrons. The number of hydrogen-bond acceptors (Lipinski definition) is 5. The highest BCUT2D eigenvalue weighted by Crippen LogP contribution is 2.53. The largest absolute Gasteiger partial charge is 0.426 e. The zero-order chi connectivity index (χ0) is 25.3. The predicted molar refractivity (Wildman–Crippen MR) is 133 cm³/mol. The van der Waals surface area contributed by atoms with E-state index in [1.54, 1.807) is 30.0 Å². The van der Waals surface area contributed by atoms with E-state index >= 15 is 0 Å². The van der Waals surface area contributed by atoms with Gasteiger partial charge < -0.3 is 9.64 Å². The Hall–Kier alpha value is -3.74. The number of amides is 3. The van der Waals surface area contributed by atoms with Gasteiger partial charge in [0.15, 0.2) is 0 Å². The highest BCUT2D eigenvalue weighted by molar-refractivity contribution is 6.23. The fourth-order valence-electron chi connectivity index (χ4n) is 6.50. The summed E-state index contributed by atoms with van der Waals surface area (Å²) in [7, 11) is 0. The summed E-state index contributed by atoms with van der Waals surface area (Å²) in [6.45, 7) is 6.03. The molecule has 0 unspecified atom stereocenters. The standard InChI is InChI=1S/C29H28N2O5/c1-15-8-16(2)10-21(9-15)30-14-20(13-24(30)32)29(35)36-22-6-7-23(17(3)11-22)31-27(33)25-18-4-5-19(12-18)26(25)28(31)34/h4-11,18-20,25-26H,12-14H2,1-3H3/t18-,19-,20-,25-,26+/m0/s1. The number of carbonyl (C=O) groups is 4. The number of nitrogens with zero attached hydrogens (tertiary/aromatic N) is 2. The van der Waals surface area contributed by atoms with Crippen molar-refractivity contribution in [1.29, 1.82) is 0 Å². The summed E-state index contributed by atoms with van der Waals surface area (Å²) in [4.78, 5) is 54.8. The molecule has 0 aromatic heterocycles. The summed E-state index contributed by atoms with van der Waals surface area (Å²) in [6, 6.07) is 10.9. The summed E-state index contributed by atoms with van der Waals surface area (Å²) in [5, 5.41) is 0. The molecule has 0 N–H and O–H groups in total. The third-order valence-corrected chi connectivity index (χ3v) is 8.07. The molecule has 2 bridgehead atoms. The van der Waals surface area contributed by atoms with Gasteiger partial charge in [-0.1, -0.05) is 18.2 Å². The van der Waals surface area contributed by atoms with Gasteiger partial charge in [0.1, 0.15) is 5.75 Å². The summed E-state index contributed by atoms with van der Waals surface area (Å²) in [6.07, 6.45) is 5.13. The van der Waals surface area contributed by atoms with E-state index in [1.165, 1.54) is 4.90 Å². The zero-order valence-electron chi connectivity index (χ0n) is 20.6. The van der Waals surface area contributed by atoms with Gasteiger partial charge in [0.05, 0.1) is 23.4 Å². The first-order chi connectivity index (χ1) is 17.2. The molecule has 2 saturated heterocycles. The van der Waals surface area contributed by atoms with E-state index in [9.17, 15) is 19.2 Å². The number of allylic oxidation sites excluding steroid dienone is 2. The Balaban J connectivity index is 1.16. The lowest BCUT2D eigenvalue weighted by molar-refractivity contribution is -0.139. The number of esters is 1. The molecule has 36 heavy (non-hydrogen) atoms. The van der Waals surface area contributed by atoms with Crippen molar-refractivity contribution in [3.63, 3.8) is 0 Å². The normalized spacial score (nSPS) is 28.4. The maximum Gasteiger partial charge on any atom is 0.316 e. The molecule has 2 heterocycles. The van der Waals surface area contributed by atoms with Gasteiger partial charge in [-0.15, -0.1) is 0 Å². The monoisotopic (exact) mass is 484 g/mol. The fourth-order valence-corrected chi connectivity index (χ4v) is 6.50. The number of rotatable bonds is 4. The number of carbonyl (C=O) groups excluding carboxylic acids is 4. The first kappa shape index (κ1) is 22.7. The lowest BCUT2D eigenvalue weighted by atomic mass is 9.85. The average molecular weight is 485 g/mol. The molecule has 2 aliphatic carbocycles. The number of hydrogen-bond donors (Lipinski definition) is 0. The first-order valence-corrected chi connectivity index (χ1v) is 12.5. The number of imide groups is 1. The van der Waals surface area contributed by atoms with Crippen LogP contribution < -0.4 is 14.5 Å². The van der Waals surface area contributed by atoms with E-state index in [-0.39, 0.29) is 54.4 Å². The van der Waals surface area contributed by atoms with E-state index in [1.807, 2.05) is 32.0 Å². The van der Waals surface area contributed by atoms with Gasteiger partial charge in [0.25, 0.3) is 0 Å². The van der Waals surface area contributed by atoms with Crippen LogP contribution in [0.1, 0.15) is 29.5 Å². The van der Waals surface area contributed by atoms with Gasteiger partial charge in [-0.25, -0.2) is 4.90 Å². The molecule has 6 rings (SSSR count). The van der Waals surface area contributed by atoms with Crippen LogP contribution in [0.2, 0.25) is 0 Å². The first-order valence-electron chi connectivity index (χ1n) is 12.5. The summed E-state index contributed by atoms with van der Waals surface area (Å²) in [5.74, 6) is -1.28. The van der Waals surface area contributed by atoms with E-state index < -0.39 is 11.9 Å². The van der Waals surface area contributed by atoms with Crippen LogP contribution in [-0.4, -0.2) is 30.2 Å². The second-order valence-corrected chi connectivity index (χ2v) is 10.6. The number of aryl methyl sites for hydroxylation is 3. The maximum absolute atomic E-state index is 13.1. The second-order valence-electron chi connectivity index (χ2n) is 10.6. The third kappa shape index (κ3) is 3.48. The third-order valence-electron chi connectivity index (χ3n) is 8.07. The van der Waals surface area contributed by atoms with Crippen molar-refractivity contribution < 1.29 is 23.9 Å². The smallest absolute Gasteiger partial charge is 0.316 e. The number of anilines is 2. The Morgan fingerprint density at radius 2 is 1.53 bits per heavy atom. The van der Waals surface area contributed by atoms with Crippen LogP contribution in [0.4, 0.5) is 11.4 Å². The minimum Gasteiger partial charge on any atom is -0.426 e. The van der Waals surface area contributed by atoms with Gasteiger partial charge in [-0.05, 0) is 86.1 Å². The van der Waals surface area contributed by atoms with Crippen LogP contribution in [0, 0.1) is 50.4 Å². The molecule has 0 spiro atoms. The molecule has 4 aliphatic rings. The van der Waals surface area contributed by atoms with Crippen molar-refractivity contribution in [2.24, 2.45) is 29.6 Å². The minimum absolute atomic E-state index is 0.0960. The molecule has 2 aliphatic heterocycles. The molecule has 2 aromatic carbocycles. The zero-order valence-corrected chi connectivity index (χ0v) is 20.6. The molecule has 0 radical (unpaired) electrons. The number of benzene rings is 2. The number of fused-ring (bicyclic) bond motifs is 5. The SMILES string of the molecule is Cc1cc(C)cc(N2C[C@@H](C(=O)Oc3ccc(N4C(=O)[C@@H]5[C@H](C4=O)[C@H]4C=C[C@H]5C4)c(C)c3)CC2=O)c1. The van der Waals surface area contributed by atoms with Gasteiger partial charge in [0, 0.05) is 18.7 Å². The summed E-state index contributed by atoms with van der Waals surface area (Å²) >= 11 is 0. The van der Waals surface area contributed by atoms with E-state index in [4.69, 9.17) is 4.74 Å². The molecule has 3 amide bonds. The van der Waals surface area contributed by atoms with Crippen molar-refractivity contribution in [2.75, 3.05) is 16.3 Å². The van der Waals surface area contributed by atoms with Crippen LogP contribution in [0.25, 0.3) is 0 Å². The summed E-state index contributed by atoms with van der Waals surface area (Å²) < 4.78 is 5.63. The van der Waals surface area contributed by atoms with Crippen LogP contribution in [0.5, 0.6) is 5.75 Å². The molecule has 7 heteroatoms. The topological polar surface area (TPSA) is 84.0 Å². The van der Waals surface area contributed by atoms with Crippen molar-refractivity contribution in [3.8, 4) is 5.75 Å². The van der Waals surface area contributed by atoms with Crippen LogP contribution in [0.3, 0.4) is 0 Å². The molecular formula is C29H28N2O5. The van der Waals surface area contributed by atoms with Gasteiger partial charge >= 0.3 is 5.97 Å². The predicted octanol–water partition coefficient (Wildman–Crippen LogP) is 3.88. The lowest BCUT2D eigenvalue weighted by Gasteiger charge is -2.20. The molecule has 2 aromatic rings. The Labute approximate surface area is 209 Å². The van der Waals surface area contributed by atoms with Crippen LogP contribution in [-0.2, 0) is 19.2 Å². The van der Waals surface area contributed by atoms with E-state index in [0.29, 0.717) is 17.0 Å². The van der Waals surface area contributed by atoms with Crippen LogP contribution >= 0.6 is 0 Å². The highest BCUT2D eigenvalue weighted by atomic mass is 16.5. The van der Waals surface area contributed by atoms with Gasteiger partial charge in [-0.3, -0.25) is 19.2 Å². The van der Waals surface area contributed by atoms with Crippen LogP contribution in [0.15, 0.2) is 48.6 Å². The Kier molecular flexibility index (Phi) is 5.14. The molecule has 1 saturated carbocycles. The van der Waals surface area contributed by atoms with Crippen molar-refractivity contribution >= 4 is 35.1 Å². The van der Waals surface area contributed by atoms with E-state index in [2.05, 4.69) is 12.2 Å². The van der Waals surface area contributed by atoms with Crippen molar-refractivity contribution in [1.82, 2.24) is 0 Å². The molecule has 3 fully saturated rings. The van der Waals surface area contributed by atoms with Gasteiger partial charge in [0.2, 0.25) is 17.7 Å². The van der Waals surface area contributed by atoms with Gasteiger partial charge in [-0.2, -0.15) is 0 Å². The Morgan fingerprint density at radius 3 is 2.14 bits per heavy atom. The quantitative estimate of drug-likeness (QED) is 0.285.